The van der Waals surface area contributed by atoms with Crippen LogP contribution in [0.25, 0.3) is 0 Å². The number of carbonyl (C=O) groups excluding carboxylic acids is 2. The monoisotopic (exact) mass is 621 g/mol. The Bertz CT molecular complexity index is 1280. The Morgan fingerprint density at radius 1 is 0.972 bits per heavy atom. The summed E-state index contributed by atoms with van der Waals surface area (Å²) in [7, 11) is -1.01. The minimum Gasteiger partial charge on any atom is -0.497 e. The highest BCUT2D eigenvalue weighted by molar-refractivity contribution is 14.1. The summed E-state index contributed by atoms with van der Waals surface area (Å²) in [5.74, 6) is -0.210. The van der Waals surface area contributed by atoms with Crippen LogP contribution in [0, 0.1) is 3.57 Å². The average Bonchev–Trinajstić information content (AvgIpc) is 2.90. The molecule has 0 aromatic heterocycles. The Labute approximate surface area is 225 Å². The van der Waals surface area contributed by atoms with E-state index in [0.717, 1.165) is 13.4 Å². The van der Waals surface area contributed by atoms with Gasteiger partial charge < -0.3 is 15.0 Å². The summed E-state index contributed by atoms with van der Waals surface area (Å²) in [6, 6.07) is 21.1. The number of halogens is 1. The van der Waals surface area contributed by atoms with Crippen LogP contribution in [-0.4, -0.2) is 51.9 Å². The third-order valence-corrected chi connectivity index (χ3v) is 8.16. The smallest absolute Gasteiger partial charge is 0.264 e. The van der Waals surface area contributed by atoms with Crippen LogP contribution in [0.3, 0.4) is 0 Å². The minimum atomic E-state index is -4.06. The van der Waals surface area contributed by atoms with Crippen molar-refractivity contribution in [3.8, 4) is 5.75 Å². The van der Waals surface area contributed by atoms with Gasteiger partial charge in [-0.05, 0) is 83.6 Å². The van der Waals surface area contributed by atoms with Gasteiger partial charge in [-0.25, -0.2) is 8.42 Å². The summed E-state index contributed by atoms with van der Waals surface area (Å²) in [5.41, 5.74) is 1.12. The van der Waals surface area contributed by atoms with Crippen LogP contribution >= 0.6 is 22.6 Å². The molecule has 1 unspecified atom stereocenters. The number of nitrogens with zero attached hydrogens (tertiary/aromatic N) is 2. The van der Waals surface area contributed by atoms with E-state index >= 15 is 0 Å². The number of carbonyl (C=O) groups is 2. The zero-order valence-electron chi connectivity index (χ0n) is 20.2. The molecule has 0 spiro atoms. The maximum absolute atomic E-state index is 13.7. The Morgan fingerprint density at radius 3 is 2.14 bits per heavy atom. The number of benzene rings is 3. The summed E-state index contributed by atoms with van der Waals surface area (Å²) in [6.45, 7) is 1.25. The van der Waals surface area contributed by atoms with E-state index in [9.17, 15) is 18.0 Å². The molecule has 8 nitrogen and oxygen atoms in total. The molecule has 36 heavy (non-hydrogen) atoms. The van der Waals surface area contributed by atoms with Crippen LogP contribution in [0.2, 0.25) is 0 Å². The van der Waals surface area contributed by atoms with Crippen LogP contribution in [0.5, 0.6) is 5.75 Å². The molecule has 0 radical (unpaired) electrons. The standard InChI is InChI=1S/C26H28IN3O5S/c1-19(26(32)28-2)29(17-20-9-15-23(35-3)16-10-20)25(31)18-30(22-13-11-21(27)12-14-22)36(33,34)24-7-5-4-6-8-24/h4-16,19H,17-18H2,1-3H3,(H,28,32). The van der Waals surface area contributed by atoms with E-state index in [1.165, 1.54) is 24.1 Å². The lowest BCUT2D eigenvalue weighted by Crippen LogP contribution is -2.50. The molecule has 0 fully saturated rings. The topological polar surface area (TPSA) is 96.0 Å². The SMILES string of the molecule is CNC(=O)C(C)N(Cc1ccc(OC)cc1)C(=O)CN(c1ccc(I)cc1)S(=O)(=O)c1ccccc1. The van der Waals surface area contributed by atoms with Gasteiger partial charge >= 0.3 is 0 Å². The largest absolute Gasteiger partial charge is 0.497 e. The molecule has 3 aromatic carbocycles. The Hall–Kier alpha value is -3.12. The summed E-state index contributed by atoms with van der Waals surface area (Å²) in [6.07, 6.45) is 0. The van der Waals surface area contributed by atoms with Crippen molar-refractivity contribution in [2.24, 2.45) is 0 Å². The Morgan fingerprint density at radius 2 is 1.58 bits per heavy atom. The molecule has 0 bridgehead atoms. The van der Waals surface area contributed by atoms with E-state index in [1.54, 1.807) is 80.8 Å². The summed E-state index contributed by atoms with van der Waals surface area (Å²) >= 11 is 2.13. The molecule has 0 saturated heterocycles. The molecule has 1 N–H and O–H groups in total. The fourth-order valence-corrected chi connectivity index (χ4v) is 5.37. The van der Waals surface area contributed by atoms with E-state index in [2.05, 4.69) is 27.9 Å². The van der Waals surface area contributed by atoms with Gasteiger partial charge in [-0.2, -0.15) is 0 Å². The van der Waals surface area contributed by atoms with Gasteiger partial charge in [-0.3, -0.25) is 13.9 Å². The fourth-order valence-electron chi connectivity index (χ4n) is 3.57. The van der Waals surface area contributed by atoms with Gasteiger partial charge in [0.25, 0.3) is 10.0 Å². The lowest BCUT2D eigenvalue weighted by molar-refractivity contribution is -0.139. The van der Waals surface area contributed by atoms with Crippen molar-refractivity contribution >= 4 is 50.1 Å². The lowest BCUT2D eigenvalue weighted by atomic mass is 10.1. The van der Waals surface area contributed by atoms with Crippen molar-refractivity contribution in [2.45, 2.75) is 24.4 Å². The molecule has 3 aromatic rings. The predicted molar refractivity (Wildman–Crippen MR) is 147 cm³/mol. The second-order valence-electron chi connectivity index (χ2n) is 7.96. The van der Waals surface area contributed by atoms with Crippen molar-refractivity contribution in [3.05, 3.63) is 88.0 Å². The number of methoxy groups -OCH3 is 1. The Kier molecular flexibility index (Phi) is 9.32. The molecule has 2 amide bonds. The van der Waals surface area contributed by atoms with Crippen molar-refractivity contribution in [1.82, 2.24) is 10.2 Å². The number of hydrogen-bond donors (Lipinski definition) is 1. The normalized spacial score (nSPS) is 11.9. The molecule has 190 valence electrons. The first-order chi connectivity index (χ1) is 17.2. The number of rotatable bonds is 10. The predicted octanol–water partition coefficient (Wildman–Crippen LogP) is 3.66. The molecular weight excluding hydrogens is 593 g/mol. The van der Waals surface area contributed by atoms with Crippen molar-refractivity contribution in [1.29, 1.82) is 0 Å². The zero-order valence-corrected chi connectivity index (χ0v) is 23.2. The van der Waals surface area contributed by atoms with Gasteiger partial charge in [0.1, 0.15) is 18.3 Å². The summed E-state index contributed by atoms with van der Waals surface area (Å²) in [5, 5.41) is 2.57. The number of amides is 2. The van der Waals surface area contributed by atoms with Gasteiger partial charge in [-0.15, -0.1) is 0 Å². The first-order valence-corrected chi connectivity index (χ1v) is 13.7. The molecule has 0 heterocycles. The number of sulfonamides is 1. The molecule has 0 aliphatic carbocycles. The highest BCUT2D eigenvalue weighted by atomic mass is 127. The summed E-state index contributed by atoms with van der Waals surface area (Å²) < 4.78 is 34.5. The third kappa shape index (κ3) is 6.55. The van der Waals surface area contributed by atoms with Crippen LogP contribution in [-0.2, 0) is 26.2 Å². The highest BCUT2D eigenvalue weighted by Gasteiger charge is 2.32. The van der Waals surface area contributed by atoms with E-state index < -0.39 is 28.5 Å². The molecule has 1 atom stereocenters. The zero-order chi connectivity index (χ0) is 26.3. The third-order valence-electron chi connectivity index (χ3n) is 5.65. The van der Waals surface area contributed by atoms with E-state index in [1.807, 2.05) is 0 Å². The average molecular weight is 621 g/mol. The van der Waals surface area contributed by atoms with Crippen molar-refractivity contribution in [3.63, 3.8) is 0 Å². The maximum atomic E-state index is 13.7. The number of hydrogen-bond acceptors (Lipinski definition) is 5. The van der Waals surface area contributed by atoms with Crippen LogP contribution in [0.15, 0.2) is 83.8 Å². The second-order valence-corrected chi connectivity index (χ2v) is 11.1. The van der Waals surface area contributed by atoms with Crippen LogP contribution in [0.4, 0.5) is 5.69 Å². The first kappa shape index (κ1) is 27.5. The molecule has 0 aliphatic heterocycles. The van der Waals surface area contributed by atoms with Gasteiger partial charge in [0.2, 0.25) is 11.8 Å². The number of nitrogens with one attached hydrogen (secondary N) is 1. The highest BCUT2D eigenvalue weighted by Crippen LogP contribution is 2.25. The van der Waals surface area contributed by atoms with Crippen molar-refractivity contribution < 1.29 is 22.7 Å². The van der Waals surface area contributed by atoms with E-state index in [0.29, 0.717) is 11.4 Å². The summed E-state index contributed by atoms with van der Waals surface area (Å²) in [4.78, 5) is 27.6. The fraction of sp³-hybridized carbons (Fsp3) is 0.231. The molecule has 0 saturated carbocycles. The molecule has 3 rings (SSSR count). The van der Waals surface area contributed by atoms with E-state index in [-0.39, 0.29) is 17.3 Å². The lowest BCUT2D eigenvalue weighted by Gasteiger charge is -2.31. The molecule has 10 heteroatoms. The van der Waals surface area contributed by atoms with Gasteiger partial charge in [0.15, 0.2) is 0 Å². The second kappa shape index (κ2) is 12.2. The minimum absolute atomic E-state index is 0.0670. The number of likely N-dealkylation sites (N-methyl/N-ethyl adjacent to an activating group) is 1. The number of ether oxygens (including phenoxy) is 1. The molecular formula is C26H28IN3O5S. The molecule has 0 aliphatic rings. The van der Waals surface area contributed by atoms with Gasteiger partial charge in [-0.1, -0.05) is 30.3 Å². The quantitative estimate of drug-likeness (QED) is 0.349. The number of anilines is 1. The Balaban J connectivity index is 1.99. The van der Waals surface area contributed by atoms with Gasteiger partial charge in [0, 0.05) is 17.2 Å². The van der Waals surface area contributed by atoms with Crippen molar-refractivity contribution in [2.75, 3.05) is 25.0 Å². The maximum Gasteiger partial charge on any atom is 0.264 e. The van der Waals surface area contributed by atoms with Crippen LogP contribution in [0.1, 0.15) is 12.5 Å². The first-order valence-electron chi connectivity index (χ1n) is 11.1. The van der Waals surface area contributed by atoms with E-state index in [4.69, 9.17) is 4.74 Å². The van der Waals surface area contributed by atoms with Gasteiger partial charge in [0.05, 0.1) is 17.7 Å². The van der Waals surface area contributed by atoms with Crippen LogP contribution < -0.4 is 14.4 Å².